The van der Waals surface area contributed by atoms with Crippen LogP contribution in [-0.2, 0) is 5.88 Å². The largest absolute Gasteiger partial charge is 0.122 e. The minimum atomic E-state index is 0.302. The van der Waals surface area contributed by atoms with Crippen molar-refractivity contribution >= 4 is 40.9 Å². The van der Waals surface area contributed by atoms with Crippen LogP contribution in [0.4, 0.5) is 0 Å². The molecule has 0 aliphatic rings. The van der Waals surface area contributed by atoms with Crippen LogP contribution in [0.15, 0.2) is 54.1 Å². The standard InChI is InChI=1S/C9H9Cl.C4H4Cl2/c1-2-8-5-3-4-6-9(8)7-10;1-3(5)4(2)6/h2-6H,1,7H2;1-2H2. The number of rotatable bonds is 3. The van der Waals surface area contributed by atoms with Crippen LogP contribution in [0.1, 0.15) is 11.1 Å². The predicted molar refractivity (Wildman–Crippen MR) is 76.1 cm³/mol. The van der Waals surface area contributed by atoms with E-state index in [9.17, 15) is 0 Å². The van der Waals surface area contributed by atoms with Crippen molar-refractivity contribution in [2.75, 3.05) is 0 Å². The molecule has 0 N–H and O–H groups in total. The highest BCUT2D eigenvalue weighted by atomic mass is 35.5. The molecule has 0 saturated carbocycles. The Hall–Kier alpha value is -0.690. The van der Waals surface area contributed by atoms with Crippen molar-refractivity contribution in [1.82, 2.24) is 0 Å². The maximum atomic E-state index is 5.66. The first kappa shape index (κ1) is 15.3. The fraction of sp³-hybridized carbons (Fsp3) is 0.0769. The van der Waals surface area contributed by atoms with Crippen LogP contribution in [0.3, 0.4) is 0 Å². The number of allylic oxidation sites excluding steroid dienone is 2. The summed E-state index contributed by atoms with van der Waals surface area (Å²) in [6.07, 6.45) is 1.82. The maximum Gasteiger partial charge on any atom is 0.0514 e. The van der Waals surface area contributed by atoms with Gasteiger partial charge in [0.1, 0.15) is 0 Å². The van der Waals surface area contributed by atoms with Gasteiger partial charge in [0.05, 0.1) is 10.1 Å². The predicted octanol–water partition coefficient (Wildman–Crippen LogP) is 5.56. The fourth-order valence-corrected chi connectivity index (χ4v) is 1.10. The molecule has 0 heterocycles. The van der Waals surface area contributed by atoms with E-state index in [1.54, 1.807) is 0 Å². The van der Waals surface area contributed by atoms with E-state index in [1.165, 1.54) is 0 Å². The van der Waals surface area contributed by atoms with Gasteiger partial charge in [-0.15, -0.1) is 11.6 Å². The van der Waals surface area contributed by atoms with Gasteiger partial charge in [-0.05, 0) is 11.1 Å². The fourth-order valence-electron chi connectivity index (χ4n) is 0.855. The smallest absolute Gasteiger partial charge is 0.0514 e. The Morgan fingerprint density at radius 3 is 1.94 bits per heavy atom. The summed E-state index contributed by atoms with van der Waals surface area (Å²) in [6, 6.07) is 7.96. The zero-order valence-electron chi connectivity index (χ0n) is 8.85. The second-order valence-corrected chi connectivity index (χ2v) is 4.03. The quantitative estimate of drug-likeness (QED) is 0.500. The molecule has 0 fully saturated rings. The molecule has 0 amide bonds. The summed E-state index contributed by atoms with van der Waals surface area (Å²) in [6.45, 7) is 10.3. The second kappa shape index (κ2) is 8.46. The van der Waals surface area contributed by atoms with Crippen LogP contribution < -0.4 is 0 Å². The van der Waals surface area contributed by atoms with Crippen LogP contribution in [0.5, 0.6) is 0 Å². The Labute approximate surface area is 112 Å². The van der Waals surface area contributed by atoms with Gasteiger partial charge in [-0.1, -0.05) is 73.3 Å². The number of halogens is 3. The van der Waals surface area contributed by atoms with Crippen molar-refractivity contribution in [3.63, 3.8) is 0 Å². The number of hydrogen-bond acceptors (Lipinski definition) is 0. The lowest BCUT2D eigenvalue weighted by atomic mass is 10.1. The molecule has 0 nitrogen and oxygen atoms in total. The van der Waals surface area contributed by atoms with Crippen molar-refractivity contribution in [1.29, 1.82) is 0 Å². The van der Waals surface area contributed by atoms with E-state index >= 15 is 0 Å². The highest BCUT2D eigenvalue weighted by Crippen LogP contribution is 2.12. The van der Waals surface area contributed by atoms with E-state index in [0.717, 1.165) is 11.1 Å². The van der Waals surface area contributed by atoms with Crippen molar-refractivity contribution in [3.05, 3.63) is 65.2 Å². The van der Waals surface area contributed by atoms with Gasteiger partial charge in [0.15, 0.2) is 0 Å². The second-order valence-electron chi connectivity index (χ2n) is 2.85. The lowest BCUT2D eigenvalue weighted by molar-refractivity contribution is 1.38. The van der Waals surface area contributed by atoms with E-state index in [-0.39, 0.29) is 0 Å². The zero-order valence-corrected chi connectivity index (χ0v) is 11.1. The molecule has 0 saturated heterocycles. The third-order valence-corrected chi connectivity index (χ3v) is 2.55. The van der Waals surface area contributed by atoms with Gasteiger partial charge in [-0.3, -0.25) is 0 Å². The molecule has 0 unspecified atom stereocenters. The first-order valence-corrected chi connectivity index (χ1v) is 5.77. The van der Waals surface area contributed by atoms with Gasteiger partial charge < -0.3 is 0 Å². The van der Waals surface area contributed by atoms with E-state index in [0.29, 0.717) is 15.9 Å². The first-order chi connectivity index (χ1) is 7.52. The summed E-state index contributed by atoms with van der Waals surface area (Å²) in [7, 11) is 0. The topological polar surface area (TPSA) is 0 Å². The van der Waals surface area contributed by atoms with Crippen molar-refractivity contribution in [3.8, 4) is 0 Å². The van der Waals surface area contributed by atoms with Crippen LogP contribution in [-0.4, -0.2) is 0 Å². The summed E-state index contributed by atoms with van der Waals surface area (Å²) >= 11 is 16.0. The first-order valence-electron chi connectivity index (χ1n) is 4.48. The lowest BCUT2D eigenvalue weighted by Gasteiger charge is -1.98. The van der Waals surface area contributed by atoms with E-state index in [2.05, 4.69) is 19.7 Å². The van der Waals surface area contributed by atoms with E-state index in [4.69, 9.17) is 34.8 Å². The Morgan fingerprint density at radius 1 is 1.12 bits per heavy atom. The summed E-state index contributed by atoms with van der Waals surface area (Å²) < 4.78 is 0. The average molecular weight is 276 g/mol. The third-order valence-electron chi connectivity index (χ3n) is 1.71. The van der Waals surface area contributed by atoms with Crippen molar-refractivity contribution < 1.29 is 0 Å². The molecule has 16 heavy (non-hydrogen) atoms. The molecular formula is C13H13Cl3. The van der Waals surface area contributed by atoms with Crippen LogP contribution in [0.2, 0.25) is 0 Å². The van der Waals surface area contributed by atoms with Gasteiger partial charge in [0.25, 0.3) is 0 Å². The van der Waals surface area contributed by atoms with Crippen LogP contribution in [0.25, 0.3) is 6.08 Å². The molecule has 0 atom stereocenters. The molecule has 1 rings (SSSR count). The minimum Gasteiger partial charge on any atom is -0.122 e. The molecule has 3 heteroatoms. The Kier molecular flexibility index (Phi) is 8.10. The molecule has 1 aromatic carbocycles. The minimum absolute atomic E-state index is 0.302. The molecule has 1 aromatic rings. The number of hydrogen-bond donors (Lipinski definition) is 0. The molecule has 0 spiro atoms. The van der Waals surface area contributed by atoms with Gasteiger partial charge in [-0.25, -0.2) is 0 Å². The normalized spacial score (nSPS) is 8.69. The molecule has 0 aliphatic heterocycles. The van der Waals surface area contributed by atoms with Gasteiger partial charge >= 0.3 is 0 Å². The molecule has 0 aliphatic carbocycles. The van der Waals surface area contributed by atoms with Crippen LogP contribution in [0, 0.1) is 0 Å². The molecule has 0 bridgehead atoms. The lowest BCUT2D eigenvalue weighted by Crippen LogP contribution is -1.81. The Bertz CT molecular complexity index is 369. The van der Waals surface area contributed by atoms with E-state index in [1.807, 2.05) is 30.3 Å². The maximum absolute atomic E-state index is 5.66. The van der Waals surface area contributed by atoms with Gasteiger partial charge in [0.2, 0.25) is 0 Å². The summed E-state index contributed by atoms with van der Waals surface area (Å²) in [4.78, 5) is 0. The molecule has 0 radical (unpaired) electrons. The highest BCUT2D eigenvalue weighted by molar-refractivity contribution is 6.43. The molecule has 86 valence electrons. The Morgan fingerprint density at radius 2 is 1.62 bits per heavy atom. The van der Waals surface area contributed by atoms with Gasteiger partial charge in [-0.2, -0.15) is 0 Å². The number of benzene rings is 1. The molecule has 0 aromatic heterocycles. The SMILES string of the molecule is C=C(Cl)C(=C)Cl.C=Cc1ccccc1CCl. The monoisotopic (exact) mass is 274 g/mol. The summed E-state index contributed by atoms with van der Waals surface area (Å²) in [5.74, 6) is 0.558. The van der Waals surface area contributed by atoms with Crippen molar-refractivity contribution in [2.24, 2.45) is 0 Å². The summed E-state index contributed by atoms with van der Waals surface area (Å²) in [5, 5.41) is 0.605. The van der Waals surface area contributed by atoms with Gasteiger partial charge in [0, 0.05) is 5.88 Å². The van der Waals surface area contributed by atoms with Crippen molar-refractivity contribution in [2.45, 2.75) is 5.88 Å². The third kappa shape index (κ3) is 6.02. The summed E-state index contributed by atoms with van der Waals surface area (Å²) in [5.41, 5.74) is 2.26. The van der Waals surface area contributed by atoms with Crippen LogP contribution >= 0.6 is 34.8 Å². The molecular weight excluding hydrogens is 263 g/mol. The average Bonchev–Trinajstić information content (AvgIpc) is 2.29. The zero-order chi connectivity index (χ0) is 12.6. The highest BCUT2D eigenvalue weighted by Gasteiger charge is 1.93. The van der Waals surface area contributed by atoms with E-state index < -0.39 is 0 Å². The number of alkyl halides is 1. The Balaban J connectivity index is 0.000000325.